The number of thiocarbonyl (C=S) groups is 1. The molecule has 8 heteroatoms. The van der Waals surface area contributed by atoms with E-state index in [1.165, 1.54) is 32.1 Å². The Labute approximate surface area is 189 Å². The van der Waals surface area contributed by atoms with Gasteiger partial charge in [-0.3, -0.25) is 4.90 Å². The Bertz CT molecular complexity index is 930. The fourth-order valence-electron chi connectivity index (χ4n) is 4.71. The average molecular weight is 445 g/mol. The first-order chi connectivity index (χ1) is 15.1. The molecule has 7 nitrogen and oxygen atoms in total. The van der Waals surface area contributed by atoms with E-state index in [9.17, 15) is 4.79 Å². The normalized spacial score (nSPS) is 18.2. The van der Waals surface area contributed by atoms with Gasteiger partial charge in [-0.2, -0.15) is 0 Å². The smallest absolute Gasteiger partial charge is 0.356 e. The lowest BCUT2D eigenvalue weighted by atomic mass is 9.94. The number of methoxy groups -OCH3 is 1. The molecular weight excluding hydrogens is 412 g/mol. The number of nitrogens with one attached hydrogen (secondary N) is 2. The van der Waals surface area contributed by atoms with Gasteiger partial charge in [-0.15, -0.1) is 0 Å². The monoisotopic (exact) mass is 444 g/mol. The number of carbonyl (C=O) groups excluding carboxylic acids is 1. The molecule has 31 heavy (non-hydrogen) atoms. The maximum absolute atomic E-state index is 12.6. The van der Waals surface area contributed by atoms with Crippen LogP contribution < -0.4 is 10.1 Å². The second-order valence-electron chi connectivity index (χ2n) is 8.25. The lowest BCUT2D eigenvalue weighted by Gasteiger charge is -2.41. The lowest BCUT2D eigenvalue weighted by Crippen LogP contribution is -2.53. The van der Waals surface area contributed by atoms with E-state index >= 15 is 0 Å². The van der Waals surface area contributed by atoms with E-state index in [1.54, 1.807) is 14.0 Å². The van der Waals surface area contributed by atoms with Crippen molar-refractivity contribution in [2.24, 2.45) is 0 Å². The quantitative estimate of drug-likeness (QED) is 0.534. The molecule has 2 N–H and O–H groups in total. The van der Waals surface area contributed by atoms with Crippen LogP contribution in [0, 0.1) is 0 Å². The van der Waals surface area contributed by atoms with E-state index in [1.807, 2.05) is 18.2 Å². The molecule has 0 amide bonds. The van der Waals surface area contributed by atoms with E-state index in [4.69, 9.17) is 21.7 Å². The Morgan fingerprint density at radius 2 is 1.94 bits per heavy atom. The van der Waals surface area contributed by atoms with Gasteiger partial charge in [-0.25, -0.2) is 4.79 Å². The first kappa shape index (κ1) is 21.9. The largest absolute Gasteiger partial charge is 0.497 e. The van der Waals surface area contributed by atoms with Gasteiger partial charge >= 0.3 is 5.97 Å². The predicted molar refractivity (Wildman–Crippen MR) is 127 cm³/mol. The fourth-order valence-corrected chi connectivity index (χ4v) is 4.99. The Morgan fingerprint density at radius 3 is 2.61 bits per heavy atom. The van der Waals surface area contributed by atoms with E-state index in [-0.39, 0.29) is 0 Å². The van der Waals surface area contributed by atoms with Crippen LogP contribution >= 0.6 is 12.2 Å². The van der Waals surface area contributed by atoms with E-state index in [2.05, 4.69) is 20.1 Å². The molecule has 1 aromatic carbocycles. The number of H-pyrrole nitrogens is 1. The van der Waals surface area contributed by atoms with Crippen molar-refractivity contribution < 1.29 is 14.3 Å². The number of carbonyl (C=O) groups is 1. The molecule has 1 saturated carbocycles. The lowest BCUT2D eigenvalue weighted by molar-refractivity contribution is 0.0522. The molecule has 1 aromatic heterocycles. The maximum atomic E-state index is 12.6. The third-order valence-corrected chi connectivity index (χ3v) is 6.77. The second-order valence-corrected chi connectivity index (χ2v) is 8.64. The molecule has 0 radical (unpaired) electrons. The molecule has 168 valence electrons. The molecule has 0 atom stereocenters. The van der Waals surface area contributed by atoms with Crippen molar-refractivity contribution in [1.29, 1.82) is 0 Å². The molecule has 2 heterocycles. The average Bonchev–Trinajstić information content (AvgIpc) is 3.17. The van der Waals surface area contributed by atoms with Crippen LogP contribution in [0.4, 0.5) is 5.69 Å². The van der Waals surface area contributed by atoms with Crippen molar-refractivity contribution in [3.8, 4) is 5.75 Å². The van der Waals surface area contributed by atoms with Gasteiger partial charge in [-0.05, 0) is 50.2 Å². The van der Waals surface area contributed by atoms with Crippen LogP contribution in [0.1, 0.15) is 49.5 Å². The molecule has 1 aliphatic carbocycles. The Kier molecular flexibility index (Phi) is 6.97. The standard InChI is InChI=1S/C23H32N4O3S/c1-3-30-22(28)21-20(18-15-17(29-2)9-10-19(18)24-21)25-23(31)27-13-11-26(12-14-27)16-7-5-4-6-8-16/h9-10,15-16,24H,3-8,11-14H2,1-2H3,(H,25,31). The highest BCUT2D eigenvalue weighted by atomic mass is 32.1. The number of nitrogens with zero attached hydrogens (tertiary/aromatic N) is 2. The zero-order valence-electron chi connectivity index (χ0n) is 18.4. The molecule has 2 fully saturated rings. The van der Waals surface area contributed by atoms with Crippen molar-refractivity contribution in [2.45, 2.75) is 45.1 Å². The molecular formula is C23H32N4O3S. The Balaban J connectivity index is 1.49. The van der Waals surface area contributed by atoms with Crippen LogP contribution in [0.5, 0.6) is 5.75 Å². The van der Waals surface area contributed by atoms with Gasteiger partial charge in [0.05, 0.1) is 19.4 Å². The van der Waals surface area contributed by atoms with Gasteiger partial charge in [0.25, 0.3) is 0 Å². The van der Waals surface area contributed by atoms with Crippen molar-refractivity contribution in [3.63, 3.8) is 0 Å². The number of hydrogen-bond donors (Lipinski definition) is 2. The minimum Gasteiger partial charge on any atom is -0.497 e. The number of ether oxygens (including phenoxy) is 2. The SMILES string of the molecule is CCOC(=O)c1[nH]c2ccc(OC)cc2c1NC(=S)N1CCN(C2CCCCC2)CC1. The zero-order chi connectivity index (χ0) is 21.8. The Morgan fingerprint density at radius 1 is 1.19 bits per heavy atom. The summed E-state index contributed by atoms with van der Waals surface area (Å²) in [4.78, 5) is 20.6. The molecule has 1 aliphatic heterocycles. The number of hydrogen-bond acceptors (Lipinski definition) is 5. The van der Waals surface area contributed by atoms with Crippen molar-refractivity contribution in [3.05, 3.63) is 23.9 Å². The summed E-state index contributed by atoms with van der Waals surface area (Å²) in [6.07, 6.45) is 6.73. The summed E-state index contributed by atoms with van der Waals surface area (Å²) in [7, 11) is 1.63. The number of piperazine rings is 1. The molecule has 4 rings (SSSR count). The van der Waals surface area contributed by atoms with Gasteiger partial charge < -0.3 is 24.7 Å². The fraction of sp³-hybridized carbons (Fsp3) is 0.565. The maximum Gasteiger partial charge on any atom is 0.356 e. The van der Waals surface area contributed by atoms with Gasteiger partial charge in [0, 0.05) is 43.1 Å². The number of rotatable bonds is 5. The van der Waals surface area contributed by atoms with Crippen LogP contribution in [-0.4, -0.2) is 71.8 Å². The van der Waals surface area contributed by atoms with Crippen molar-refractivity contribution in [1.82, 2.24) is 14.8 Å². The van der Waals surface area contributed by atoms with Crippen LogP contribution in [-0.2, 0) is 4.74 Å². The zero-order valence-corrected chi connectivity index (χ0v) is 19.2. The summed E-state index contributed by atoms with van der Waals surface area (Å²) < 4.78 is 10.6. The summed E-state index contributed by atoms with van der Waals surface area (Å²) in [6, 6.07) is 6.39. The third kappa shape index (κ3) is 4.80. The first-order valence-corrected chi connectivity index (χ1v) is 11.7. The molecule has 2 aliphatic rings. The topological polar surface area (TPSA) is 69.8 Å². The summed E-state index contributed by atoms with van der Waals surface area (Å²) in [5, 5.41) is 4.83. The highest BCUT2D eigenvalue weighted by Gasteiger charge is 2.27. The molecule has 0 spiro atoms. The summed E-state index contributed by atoms with van der Waals surface area (Å²) in [5.41, 5.74) is 1.86. The molecule has 0 unspecified atom stereocenters. The summed E-state index contributed by atoms with van der Waals surface area (Å²) >= 11 is 5.75. The first-order valence-electron chi connectivity index (χ1n) is 11.3. The van der Waals surface area contributed by atoms with Gasteiger partial charge in [0.2, 0.25) is 0 Å². The molecule has 2 aromatic rings. The number of anilines is 1. The van der Waals surface area contributed by atoms with E-state index < -0.39 is 5.97 Å². The van der Waals surface area contributed by atoms with Gasteiger partial charge in [0.15, 0.2) is 5.11 Å². The Hall–Kier alpha value is -2.32. The predicted octanol–water partition coefficient (Wildman–Crippen LogP) is 4.00. The number of fused-ring (bicyclic) bond motifs is 1. The van der Waals surface area contributed by atoms with Crippen LogP contribution in [0.25, 0.3) is 10.9 Å². The van der Waals surface area contributed by atoms with E-state index in [0.717, 1.165) is 48.9 Å². The summed E-state index contributed by atoms with van der Waals surface area (Å²) in [5.74, 6) is 0.321. The minimum absolute atomic E-state index is 0.310. The molecule has 0 bridgehead atoms. The minimum atomic E-state index is -0.398. The number of benzene rings is 1. The van der Waals surface area contributed by atoms with Crippen LogP contribution in [0.2, 0.25) is 0 Å². The molecule has 1 saturated heterocycles. The summed E-state index contributed by atoms with van der Waals surface area (Å²) in [6.45, 7) is 5.95. The van der Waals surface area contributed by atoms with Crippen molar-refractivity contribution in [2.75, 3.05) is 45.2 Å². The highest BCUT2D eigenvalue weighted by molar-refractivity contribution is 7.80. The highest BCUT2D eigenvalue weighted by Crippen LogP contribution is 2.32. The van der Waals surface area contributed by atoms with Crippen LogP contribution in [0.3, 0.4) is 0 Å². The van der Waals surface area contributed by atoms with Crippen LogP contribution in [0.15, 0.2) is 18.2 Å². The number of aromatic nitrogens is 1. The second kappa shape index (κ2) is 9.87. The van der Waals surface area contributed by atoms with Crippen molar-refractivity contribution >= 4 is 39.9 Å². The van der Waals surface area contributed by atoms with Gasteiger partial charge in [0.1, 0.15) is 11.4 Å². The number of aromatic amines is 1. The number of esters is 1. The third-order valence-electron chi connectivity index (χ3n) is 6.41. The van der Waals surface area contributed by atoms with Gasteiger partial charge in [-0.1, -0.05) is 19.3 Å². The van der Waals surface area contributed by atoms with E-state index in [0.29, 0.717) is 23.1 Å².